The van der Waals surface area contributed by atoms with E-state index >= 15 is 0 Å². The van der Waals surface area contributed by atoms with Gasteiger partial charge in [0.15, 0.2) is 0 Å². The van der Waals surface area contributed by atoms with Gasteiger partial charge in [-0.2, -0.15) is 0 Å². The highest BCUT2D eigenvalue weighted by Gasteiger charge is 2.44. The first kappa shape index (κ1) is 25.0. The SMILES string of the molecule is CCCC(C)(C(=O)OCCOP(=O)(Oc1ccccc1)Oc1ccccc1)C(C)(C)C. The highest BCUT2D eigenvalue weighted by molar-refractivity contribution is 7.49. The summed E-state index contributed by atoms with van der Waals surface area (Å²) in [5.74, 6) is 0.400. The second-order valence-electron chi connectivity index (χ2n) is 8.56. The molecule has 0 spiro atoms. The Morgan fingerprint density at radius 1 is 0.839 bits per heavy atom. The molecule has 0 radical (unpaired) electrons. The van der Waals surface area contributed by atoms with Crippen LogP contribution in [0.4, 0.5) is 0 Å². The predicted molar refractivity (Wildman–Crippen MR) is 121 cm³/mol. The molecule has 0 aromatic heterocycles. The predicted octanol–water partition coefficient (Wildman–Crippen LogP) is 6.66. The average Bonchev–Trinajstić information content (AvgIpc) is 2.71. The van der Waals surface area contributed by atoms with Gasteiger partial charge in [-0.1, -0.05) is 70.5 Å². The number of carbonyl (C=O) groups excluding carboxylic acids is 1. The Balaban J connectivity index is 2.03. The number of phosphoric ester groups is 1. The van der Waals surface area contributed by atoms with Crippen LogP contribution in [0.2, 0.25) is 0 Å². The van der Waals surface area contributed by atoms with Crippen LogP contribution in [0.15, 0.2) is 60.7 Å². The van der Waals surface area contributed by atoms with Gasteiger partial charge in [-0.05, 0) is 43.0 Å². The Morgan fingerprint density at radius 3 is 1.74 bits per heavy atom. The van der Waals surface area contributed by atoms with Crippen molar-refractivity contribution in [3.63, 3.8) is 0 Å². The lowest BCUT2D eigenvalue weighted by atomic mass is 9.65. The van der Waals surface area contributed by atoms with Crippen molar-refractivity contribution in [2.75, 3.05) is 13.2 Å². The third kappa shape index (κ3) is 7.12. The molecule has 2 aromatic carbocycles. The quantitative estimate of drug-likeness (QED) is 0.217. The summed E-state index contributed by atoms with van der Waals surface area (Å²) in [6.07, 6.45) is 1.58. The van der Waals surface area contributed by atoms with E-state index in [-0.39, 0.29) is 24.6 Å². The summed E-state index contributed by atoms with van der Waals surface area (Å²) in [5.41, 5.74) is -0.893. The zero-order valence-electron chi connectivity index (χ0n) is 19.0. The average molecular weight is 448 g/mol. The zero-order valence-corrected chi connectivity index (χ0v) is 19.9. The van der Waals surface area contributed by atoms with Gasteiger partial charge in [0.05, 0.1) is 12.0 Å². The monoisotopic (exact) mass is 448 g/mol. The molecule has 170 valence electrons. The molecule has 31 heavy (non-hydrogen) atoms. The van der Waals surface area contributed by atoms with E-state index in [1.807, 2.05) is 46.8 Å². The standard InChI is InChI=1S/C24H33O6P/c1-6-17-24(5,23(2,3)4)22(25)27-18-19-28-31(26,29-20-13-9-7-10-14-20)30-21-15-11-8-12-16-21/h7-16H,6,17-19H2,1-5H3. The molecule has 0 fully saturated rings. The number of esters is 1. The van der Waals surface area contributed by atoms with Gasteiger partial charge >= 0.3 is 13.8 Å². The molecule has 0 saturated carbocycles. The van der Waals surface area contributed by atoms with Crippen LogP contribution in [0.5, 0.6) is 11.5 Å². The normalized spacial score (nSPS) is 13.8. The molecule has 0 saturated heterocycles. The molecular weight excluding hydrogens is 415 g/mol. The fraction of sp³-hybridized carbons (Fsp3) is 0.458. The lowest BCUT2D eigenvalue weighted by Crippen LogP contribution is -2.42. The van der Waals surface area contributed by atoms with E-state index in [0.29, 0.717) is 17.9 Å². The fourth-order valence-corrected chi connectivity index (χ4v) is 4.22. The van der Waals surface area contributed by atoms with Crippen molar-refractivity contribution in [2.45, 2.75) is 47.5 Å². The molecule has 0 bridgehead atoms. The van der Waals surface area contributed by atoms with Crippen LogP contribution >= 0.6 is 7.82 Å². The Bertz CT molecular complexity index is 817. The number of carbonyl (C=O) groups is 1. The van der Waals surface area contributed by atoms with Crippen LogP contribution in [0.3, 0.4) is 0 Å². The number of phosphoric acid groups is 1. The maximum Gasteiger partial charge on any atom is 0.587 e. The van der Waals surface area contributed by atoms with E-state index in [4.69, 9.17) is 18.3 Å². The summed E-state index contributed by atoms with van der Waals surface area (Å²) in [6, 6.07) is 17.3. The third-order valence-corrected chi connectivity index (χ3v) is 6.71. The minimum absolute atomic E-state index is 0.0610. The van der Waals surface area contributed by atoms with Gasteiger partial charge in [-0.15, -0.1) is 0 Å². The first-order valence-corrected chi connectivity index (χ1v) is 12.0. The van der Waals surface area contributed by atoms with Crippen molar-refractivity contribution in [1.29, 1.82) is 0 Å². The molecule has 2 aromatic rings. The molecular formula is C24H33O6P. The van der Waals surface area contributed by atoms with Gasteiger partial charge in [0.1, 0.15) is 18.1 Å². The lowest BCUT2D eigenvalue weighted by Gasteiger charge is -2.39. The third-order valence-electron chi connectivity index (χ3n) is 5.34. The smallest absolute Gasteiger partial charge is 0.463 e. The van der Waals surface area contributed by atoms with E-state index in [9.17, 15) is 9.36 Å². The Morgan fingerprint density at radius 2 is 1.32 bits per heavy atom. The largest absolute Gasteiger partial charge is 0.587 e. The maximum atomic E-state index is 13.2. The van der Waals surface area contributed by atoms with Gasteiger partial charge < -0.3 is 13.8 Å². The van der Waals surface area contributed by atoms with E-state index in [1.54, 1.807) is 48.5 Å². The van der Waals surface area contributed by atoms with Crippen molar-refractivity contribution in [2.24, 2.45) is 10.8 Å². The van der Waals surface area contributed by atoms with E-state index in [2.05, 4.69) is 0 Å². The van der Waals surface area contributed by atoms with Crippen LogP contribution < -0.4 is 9.05 Å². The minimum Gasteiger partial charge on any atom is -0.463 e. The first-order valence-electron chi connectivity index (χ1n) is 10.5. The number of benzene rings is 2. The molecule has 0 heterocycles. The molecule has 1 atom stereocenters. The van der Waals surface area contributed by atoms with Crippen LogP contribution in [0, 0.1) is 10.8 Å². The van der Waals surface area contributed by atoms with Crippen molar-refractivity contribution < 1.29 is 27.7 Å². The molecule has 0 aliphatic carbocycles. The summed E-state index contributed by atoms with van der Waals surface area (Å²) < 4.78 is 35.3. The van der Waals surface area contributed by atoms with Crippen LogP contribution in [0.1, 0.15) is 47.5 Å². The maximum absolute atomic E-state index is 13.2. The van der Waals surface area contributed by atoms with Crippen molar-refractivity contribution in [3.05, 3.63) is 60.7 Å². The summed E-state index contributed by atoms with van der Waals surface area (Å²) in [5, 5.41) is 0. The lowest BCUT2D eigenvalue weighted by molar-refractivity contribution is -0.163. The summed E-state index contributed by atoms with van der Waals surface area (Å²) in [4.78, 5) is 12.8. The number of para-hydroxylation sites is 2. The molecule has 1 unspecified atom stereocenters. The fourth-order valence-electron chi connectivity index (χ4n) is 3.02. The van der Waals surface area contributed by atoms with Gasteiger partial charge in [0.2, 0.25) is 0 Å². The topological polar surface area (TPSA) is 71.1 Å². The highest BCUT2D eigenvalue weighted by atomic mass is 31.2. The molecule has 2 rings (SSSR count). The number of hydrogen-bond acceptors (Lipinski definition) is 6. The second-order valence-corrected chi connectivity index (χ2v) is 10.1. The van der Waals surface area contributed by atoms with E-state index < -0.39 is 13.2 Å². The van der Waals surface area contributed by atoms with Crippen molar-refractivity contribution in [1.82, 2.24) is 0 Å². The van der Waals surface area contributed by atoms with Gasteiger partial charge in [0, 0.05) is 0 Å². The summed E-state index contributed by atoms with van der Waals surface area (Å²) >= 11 is 0. The molecule has 6 nitrogen and oxygen atoms in total. The first-order chi connectivity index (χ1) is 14.6. The Kier molecular flexibility index (Phi) is 8.72. The second kappa shape index (κ2) is 10.8. The van der Waals surface area contributed by atoms with Crippen LogP contribution in [-0.2, 0) is 18.6 Å². The molecule has 7 heteroatoms. The van der Waals surface area contributed by atoms with Gasteiger partial charge in [-0.3, -0.25) is 9.32 Å². The molecule has 0 N–H and O–H groups in total. The number of rotatable bonds is 11. The van der Waals surface area contributed by atoms with Gasteiger partial charge in [-0.25, -0.2) is 4.57 Å². The Hall–Kier alpha value is -2.30. The van der Waals surface area contributed by atoms with E-state index in [1.165, 1.54) is 0 Å². The molecule has 0 amide bonds. The zero-order chi connectivity index (χ0) is 23.0. The summed E-state index contributed by atoms with van der Waals surface area (Å²) in [6.45, 7) is 9.84. The minimum atomic E-state index is -4.00. The van der Waals surface area contributed by atoms with Crippen molar-refractivity contribution >= 4 is 13.8 Å². The Labute approximate surface area is 185 Å². The van der Waals surface area contributed by atoms with Crippen LogP contribution in [0.25, 0.3) is 0 Å². The molecule has 0 aliphatic heterocycles. The van der Waals surface area contributed by atoms with E-state index in [0.717, 1.165) is 6.42 Å². The van der Waals surface area contributed by atoms with Gasteiger partial charge in [0.25, 0.3) is 0 Å². The number of hydrogen-bond donors (Lipinski definition) is 0. The number of ether oxygens (including phenoxy) is 1. The van der Waals surface area contributed by atoms with Crippen molar-refractivity contribution in [3.8, 4) is 11.5 Å². The summed E-state index contributed by atoms with van der Waals surface area (Å²) in [7, 11) is -4.00. The van der Waals surface area contributed by atoms with Crippen LogP contribution in [-0.4, -0.2) is 19.2 Å². The molecule has 0 aliphatic rings. The highest BCUT2D eigenvalue weighted by Crippen LogP contribution is 2.49.